The number of aromatic nitrogens is 3. The molecule has 4 N–H and O–H groups in total. The average Bonchev–Trinajstić information content (AvgIpc) is 3.34. The maximum atomic E-state index is 13.0. The molecule has 0 spiro atoms. The molecule has 2 amide bonds. The molecule has 0 bridgehead atoms. The van der Waals surface area contributed by atoms with Crippen LogP contribution in [-0.4, -0.2) is 27.0 Å². The lowest BCUT2D eigenvalue weighted by molar-refractivity contribution is -0.137. The number of rotatable bonds is 6. The average molecular weight is 531 g/mol. The zero-order chi connectivity index (χ0) is 27.6. The summed E-state index contributed by atoms with van der Waals surface area (Å²) in [6.07, 6.45) is -1.40. The molecular weight excluding hydrogens is 509 g/mol. The largest absolute Gasteiger partial charge is 0.416 e. The summed E-state index contributed by atoms with van der Waals surface area (Å²) >= 11 is 0. The number of halogens is 3. The second-order valence-corrected chi connectivity index (χ2v) is 8.71. The van der Waals surface area contributed by atoms with Gasteiger partial charge in [-0.1, -0.05) is 12.1 Å². The van der Waals surface area contributed by atoms with Crippen molar-refractivity contribution in [1.29, 1.82) is 0 Å². The number of benzene rings is 3. The van der Waals surface area contributed by atoms with E-state index in [1.54, 1.807) is 60.9 Å². The molecule has 8 nitrogen and oxygen atoms in total. The van der Waals surface area contributed by atoms with Crippen molar-refractivity contribution in [2.75, 3.05) is 16.0 Å². The number of carbonyl (C=O) groups excluding carboxylic acids is 2. The Morgan fingerprint density at radius 2 is 1.56 bits per heavy atom. The predicted octanol–water partition coefficient (Wildman–Crippen LogP) is 6.53. The molecule has 0 aliphatic carbocycles. The SMILES string of the molecule is Cc1ccc(NC(=O)c2cccc(C(F)(F)F)c2)cc1Nc1ccc2c(C(=O)Nc3ccncc3)n[nH]c2c1. The van der Waals surface area contributed by atoms with Crippen molar-refractivity contribution >= 4 is 45.5 Å². The van der Waals surface area contributed by atoms with Crippen molar-refractivity contribution < 1.29 is 22.8 Å². The van der Waals surface area contributed by atoms with E-state index in [9.17, 15) is 22.8 Å². The van der Waals surface area contributed by atoms with E-state index in [4.69, 9.17) is 0 Å². The minimum Gasteiger partial charge on any atom is -0.355 e. The first-order valence-corrected chi connectivity index (χ1v) is 11.7. The van der Waals surface area contributed by atoms with Gasteiger partial charge in [-0.15, -0.1) is 0 Å². The molecule has 196 valence electrons. The van der Waals surface area contributed by atoms with Crippen LogP contribution in [-0.2, 0) is 6.18 Å². The summed E-state index contributed by atoms with van der Waals surface area (Å²) < 4.78 is 39.1. The van der Waals surface area contributed by atoms with Crippen LogP contribution in [0.5, 0.6) is 0 Å². The van der Waals surface area contributed by atoms with Crippen LogP contribution in [0.4, 0.5) is 35.9 Å². The van der Waals surface area contributed by atoms with Crippen LogP contribution < -0.4 is 16.0 Å². The van der Waals surface area contributed by atoms with Gasteiger partial charge in [0, 0.05) is 46.1 Å². The van der Waals surface area contributed by atoms with E-state index in [0.29, 0.717) is 33.7 Å². The molecule has 0 radical (unpaired) electrons. The lowest BCUT2D eigenvalue weighted by atomic mass is 10.1. The molecule has 2 heterocycles. The molecule has 11 heteroatoms. The molecule has 0 saturated carbocycles. The fourth-order valence-electron chi connectivity index (χ4n) is 3.93. The molecular formula is C28H21F3N6O2. The van der Waals surface area contributed by atoms with Gasteiger partial charge in [0.25, 0.3) is 11.8 Å². The molecule has 0 aliphatic rings. The number of anilines is 4. The highest BCUT2D eigenvalue weighted by atomic mass is 19.4. The Kier molecular flexibility index (Phi) is 6.72. The van der Waals surface area contributed by atoms with E-state index in [2.05, 4.69) is 31.1 Å². The smallest absolute Gasteiger partial charge is 0.355 e. The fraction of sp³-hybridized carbons (Fsp3) is 0.0714. The van der Waals surface area contributed by atoms with Crippen molar-refractivity contribution in [2.45, 2.75) is 13.1 Å². The van der Waals surface area contributed by atoms with Crippen molar-refractivity contribution in [2.24, 2.45) is 0 Å². The fourth-order valence-corrected chi connectivity index (χ4v) is 3.93. The molecule has 0 fully saturated rings. The Balaban J connectivity index is 1.32. The first-order valence-electron chi connectivity index (χ1n) is 11.7. The van der Waals surface area contributed by atoms with E-state index in [1.165, 1.54) is 12.1 Å². The molecule has 0 atom stereocenters. The number of hydrogen-bond donors (Lipinski definition) is 4. The van der Waals surface area contributed by atoms with Crippen LogP contribution in [0.3, 0.4) is 0 Å². The van der Waals surface area contributed by atoms with Crippen LogP contribution >= 0.6 is 0 Å². The van der Waals surface area contributed by atoms with Gasteiger partial charge < -0.3 is 16.0 Å². The van der Waals surface area contributed by atoms with Crippen LogP contribution in [0.15, 0.2) is 85.2 Å². The Bertz CT molecular complexity index is 1680. The summed E-state index contributed by atoms with van der Waals surface area (Å²) in [7, 11) is 0. The van der Waals surface area contributed by atoms with Gasteiger partial charge in [0.1, 0.15) is 0 Å². The molecule has 0 unspecified atom stereocenters. The quantitative estimate of drug-likeness (QED) is 0.199. The highest BCUT2D eigenvalue weighted by molar-refractivity contribution is 6.11. The van der Waals surface area contributed by atoms with Crippen LogP contribution in [0.2, 0.25) is 0 Å². The maximum Gasteiger partial charge on any atom is 0.416 e. The van der Waals surface area contributed by atoms with E-state index in [1.807, 2.05) is 6.92 Å². The number of H-pyrrole nitrogens is 1. The molecule has 0 aliphatic heterocycles. The summed E-state index contributed by atoms with van der Waals surface area (Å²) in [5, 5.41) is 16.3. The molecule has 2 aromatic heterocycles. The van der Waals surface area contributed by atoms with Crippen molar-refractivity contribution in [3.63, 3.8) is 0 Å². The third-order valence-corrected chi connectivity index (χ3v) is 5.94. The van der Waals surface area contributed by atoms with Crippen LogP contribution in [0.1, 0.15) is 32.0 Å². The predicted molar refractivity (Wildman–Crippen MR) is 142 cm³/mol. The summed E-state index contributed by atoms with van der Waals surface area (Å²) in [4.78, 5) is 29.2. The lowest BCUT2D eigenvalue weighted by Gasteiger charge is -2.13. The van der Waals surface area contributed by atoms with Gasteiger partial charge in [0.2, 0.25) is 0 Å². The first kappa shape index (κ1) is 25.5. The van der Waals surface area contributed by atoms with Crippen molar-refractivity contribution in [3.8, 4) is 0 Å². The van der Waals surface area contributed by atoms with E-state index >= 15 is 0 Å². The number of amides is 2. The Hall–Kier alpha value is -5.19. The summed E-state index contributed by atoms with van der Waals surface area (Å²) in [5.74, 6) is -1.03. The summed E-state index contributed by atoms with van der Waals surface area (Å²) in [6, 6.07) is 18.1. The molecule has 5 aromatic rings. The zero-order valence-electron chi connectivity index (χ0n) is 20.4. The minimum atomic E-state index is -4.54. The topological polar surface area (TPSA) is 112 Å². The highest BCUT2D eigenvalue weighted by Crippen LogP contribution is 2.30. The number of nitrogens with one attached hydrogen (secondary N) is 4. The van der Waals surface area contributed by atoms with Gasteiger partial charge in [0.15, 0.2) is 5.69 Å². The van der Waals surface area contributed by atoms with Gasteiger partial charge in [-0.2, -0.15) is 18.3 Å². The van der Waals surface area contributed by atoms with Gasteiger partial charge in [0.05, 0.1) is 11.1 Å². The second-order valence-electron chi connectivity index (χ2n) is 8.71. The first-order chi connectivity index (χ1) is 18.7. The number of aromatic amines is 1. The molecule has 3 aromatic carbocycles. The van der Waals surface area contributed by atoms with Gasteiger partial charge in [-0.3, -0.25) is 19.7 Å². The van der Waals surface area contributed by atoms with E-state index < -0.39 is 17.6 Å². The number of fused-ring (bicyclic) bond motifs is 1. The number of carbonyl (C=O) groups is 2. The Morgan fingerprint density at radius 3 is 2.33 bits per heavy atom. The van der Waals surface area contributed by atoms with E-state index in [-0.39, 0.29) is 17.2 Å². The molecule has 5 rings (SSSR count). The standard InChI is InChI=1S/C28H21F3N6O2/c1-16-5-6-21(35-26(38)17-3-2-4-18(13-17)28(29,30)31)14-23(16)33-20-7-8-22-24(15-20)36-37-25(22)27(39)34-19-9-11-32-12-10-19/h2-15,33H,1H3,(H,35,38)(H,36,37)(H,32,34,39). The van der Waals surface area contributed by atoms with Gasteiger partial charge in [-0.25, -0.2) is 0 Å². The number of pyridine rings is 1. The number of alkyl halides is 3. The van der Waals surface area contributed by atoms with E-state index in [0.717, 1.165) is 17.7 Å². The van der Waals surface area contributed by atoms with Crippen LogP contribution in [0.25, 0.3) is 10.9 Å². The Labute approximate surface area is 220 Å². The lowest BCUT2D eigenvalue weighted by Crippen LogP contribution is -2.14. The maximum absolute atomic E-state index is 13.0. The van der Waals surface area contributed by atoms with Gasteiger partial charge in [-0.05, 0) is 73.2 Å². The number of nitrogens with zero attached hydrogens (tertiary/aromatic N) is 2. The molecule has 39 heavy (non-hydrogen) atoms. The monoisotopic (exact) mass is 530 g/mol. The van der Waals surface area contributed by atoms with Crippen molar-refractivity contribution in [3.05, 3.63) is 108 Å². The number of hydrogen-bond acceptors (Lipinski definition) is 5. The van der Waals surface area contributed by atoms with Crippen molar-refractivity contribution in [1.82, 2.24) is 15.2 Å². The van der Waals surface area contributed by atoms with Crippen LogP contribution in [0, 0.1) is 6.92 Å². The number of aryl methyl sites for hydroxylation is 1. The normalized spacial score (nSPS) is 11.3. The second kappa shape index (κ2) is 10.3. The Morgan fingerprint density at radius 1 is 0.821 bits per heavy atom. The third kappa shape index (κ3) is 5.72. The zero-order valence-corrected chi connectivity index (χ0v) is 20.4. The van der Waals surface area contributed by atoms with Gasteiger partial charge >= 0.3 is 6.18 Å². The molecule has 0 saturated heterocycles. The third-order valence-electron chi connectivity index (χ3n) is 5.94. The summed E-state index contributed by atoms with van der Waals surface area (Å²) in [6.45, 7) is 1.87. The summed E-state index contributed by atoms with van der Waals surface area (Å²) in [5.41, 5.74) is 3.11. The minimum absolute atomic E-state index is 0.103. The highest BCUT2D eigenvalue weighted by Gasteiger charge is 2.31.